The van der Waals surface area contributed by atoms with E-state index >= 15 is 0 Å². The number of hydrogen-bond donors (Lipinski definition) is 3. The van der Waals surface area contributed by atoms with Gasteiger partial charge in [-0.2, -0.15) is 0 Å². The van der Waals surface area contributed by atoms with Crippen molar-refractivity contribution < 1.29 is 15.3 Å². The van der Waals surface area contributed by atoms with Crippen molar-refractivity contribution in [3.05, 3.63) is 28.2 Å². The zero-order valence-electron chi connectivity index (χ0n) is 13.7. The summed E-state index contributed by atoms with van der Waals surface area (Å²) in [5.74, 6) is -0.214. The third-order valence-electron chi connectivity index (χ3n) is 4.58. The van der Waals surface area contributed by atoms with E-state index in [1.165, 1.54) is 18.9 Å². The molecule has 0 saturated heterocycles. The predicted molar refractivity (Wildman–Crippen MR) is 88.6 cm³/mol. The summed E-state index contributed by atoms with van der Waals surface area (Å²) in [6.45, 7) is 1.38. The quantitative estimate of drug-likeness (QED) is 0.657. The summed E-state index contributed by atoms with van der Waals surface area (Å²) in [5, 5.41) is 28.2. The topological polar surface area (TPSA) is 85.9 Å². The van der Waals surface area contributed by atoms with Gasteiger partial charge in [0.25, 0.3) is 0 Å². The van der Waals surface area contributed by atoms with Crippen molar-refractivity contribution in [3.8, 4) is 5.75 Å². The van der Waals surface area contributed by atoms with Gasteiger partial charge in [0.2, 0.25) is 5.43 Å². The summed E-state index contributed by atoms with van der Waals surface area (Å²) in [6.07, 6.45) is 8.45. The van der Waals surface area contributed by atoms with Crippen molar-refractivity contribution in [2.75, 3.05) is 26.3 Å². The summed E-state index contributed by atoms with van der Waals surface area (Å²) in [5.41, 5.74) is 0.458. The van der Waals surface area contributed by atoms with Gasteiger partial charge in [0.05, 0.1) is 19.4 Å². The fourth-order valence-corrected chi connectivity index (χ4v) is 3.36. The van der Waals surface area contributed by atoms with Gasteiger partial charge in [-0.3, -0.25) is 9.69 Å². The summed E-state index contributed by atoms with van der Waals surface area (Å²) in [7, 11) is 0. The molecule has 0 bridgehead atoms. The van der Waals surface area contributed by atoms with Crippen LogP contribution in [0.5, 0.6) is 5.75 Å². The van der Waals surface area contributed by atoms with Gasteiger partial charge in [0.1, 0.15) is 0 Å². The summed E-state index contributed by atoms with van der Waals surface area (Å²) >= 11 is 0. The number of aliphatic hydroxyl groups is 2. The first-order chi connectivity index (χ1) is 11.2. The van der Waals surface area contributed by atoms with Crippen molar-refractivity contribution in [2.24, 2.45) is 0 Å². The van der Waals surface area contributed by atoms with E-state index < -0.39 is 0 Å². The molecule has 1 aliphatic carbocycles. The molecule has 6 nitrogen and oxygen atoms in total. The lowest BCUT2D eigenvalue weighted by Gasteiger charge is -2.27. The van der Waals surface area contributed by atoms with Gasteiger partial charge in [-0.1, -0.05) is 25.7 Å². The van der Waals surface area contributed by atoms with E-state index in [4.69, 9.17) is 10.2 Å². The average molecular weight is 324 g/mol. The maximum absolute atomic E-state index is 11.9. The van der Waals surface area contributed by atoms with E-state index in [9.17, 15) is 9.90 Å². The van der Waals surface area contributed by atoms with E-state index in [0.717, 1.165) is 31.4 Å². The molecule has 2 rings (SSSR count). The second-order valence-electron chi connectivity index (χ2n) is 6.29. The van der Waals surface area contributed by atoms with E-state index in [2.05, 4.69) is 0 Å². The van der Waals surface area contributed by atoms with Crippen LogP contribution in [0.2, 0.25) is 0 Å². The third kappa shape index (κ3) is 5.06. The van der Waals surface area contributed by atoms with Gasteiger partial charge in [-0.25, -0.2) is 0 Å². The predicted octanol–water partition coefficient (Wildman–Crippen LogP) is 1.24. The molecule has 1 saturated carbocycles. The van der Waals surface area contributed by atoms with Crippen LogP contribution < -0.4 is 5.43 Å². The number of aromatic hydroxyl groups is 1. The Kier molecular flexibility index (Phi) is 7.08. The molecule has 1 aromatic heterocycles. The summed E-state index contributed by atoms with van der Waals surface area (Å²) < 4.78 is 2.03. The first-order valence-corrected chi connectivity index (χ1v) is 8.53. The Morgan fingerprint density at radius 3 is 2.26 bits per heavy atom. The van der Waals surface area contributed by atoms with E-state index in [1.54, 1.807) is 6.20 Å². The number of hydrogen-bond acceptors (Lipinski definition) is 5. The van der Waals surface area contributed by atoms with E-state index in [1.807, 2.05) is 9.47 Å². The fraction of sp³-hybridized carbons (Fsp3) is 0.706. The Labute approximate surface area is 137 Å². The number of rotatable bonds is 7. The molecule has 0 unspecified atom stereocenters. The van der Waals surface area contributed by atoms with Crippen LogP contribution in [0.1, 0.15) is 50.3 Å². The normalized spacial score (nSPS) is 16.7. The van der Waals surface area contributed by atoms with Crippen molar-refractivity contribution in [1.29, 1.82) is 0 Å². The smallest absolute Gasteiger partial charge is 0.223 e. The standard InChI is InChI=1S/C17H28N2O4/c20-9-7-18(8-10-21)12-15-11-16(22)17(23)13-19(15)14-5-3-1-2-4-6-14/h11,13-14,20-21,23H,1-10,12H2. The molecule has 23 heavy (non-hydrogen) atoms. The van der Waals surface area contributed by atoms with Crippen LogP contribution in [0.4, 0.5) is 0 Å². The highest BCUT2D eigenvalue weighted by molar-refractivity contribution is 5.21. The highest BCUT2D eigenvalue weighted by atomic mass is 16.3. The molecule has 0 amide bonds. The lowest BCUT2D eigenvalue weighted by atomic mass is 10.1. The van der Waals surface area contributed by atoms with Crippen molar-refractivity contribution in [3.63, 3.8) is 0 Å². The summed E-state index contributed by atoms with van der Waals surface area (Å²) in [6, 6.07) is 1.78. The molecule has 0 atom stereocenters. The Bertz CT molecular complexity index is 530. The van der Waals surface area contributed by atoms with Gasteiger partial charge >= 0.3 is 0 Å². The van der Waals surface area contributed by atoms with Crippen LogP contribution in [0.25, 0.3) is 0 Å². The maximum atomic E-state index is 11.9. The highest BCUT2D eigenvalue weighted by Crippen LogP contribution is 2.29. The minimum Gasteiger partial charge on any atom is -0.503 e. The summed E-state index contributed by atoms with van der Waals surface area (Å²) in [4.78, 5) is 13.8. The van der Waals surface area contributed by atoms with Crippen molar-refractivity contribution in [2.45, 2.75) is 51.1 Å². The number of pyridine rings is 1. The number of nitrogens with zero attached hydrogens (tertiary/aromatic N) is 2. The van der Waals surface area contributed by atoms with Crippen LogP contribution in [0.3, 0.4) is 0 Å². The molecule has 0 radical (unpaired) electrons. The monoisotopic (exact) mass is 324 g/mol. The lowest BCUT2D eigenvalue weighted by molar-refractivity contribution is 0.152. The largest absolute Gasteiger partial charge is 0.503 e. The molecule has 0 spiro atoms. The molecular weight excluding hydrogens is 296 g/mol. The van der Waals surface area contributed by atoms with Crippen LogP contribution >= 0.6 is 0 Å². The molecule has 0 aromatic carbocycles. The van der Waals surface area contributed by atoms with Crippen LogP contribution in [0, 0.1) is 0 Å². The molecule has 1 fully saturated rings. The van der Waals surface area contributed by atoms with Crippen LogP contribution in [-0.2, 0) is 6.54 Å². The second-order valence-corrected chi connectivity index (χ2v) is 6.29. The average Bonchev–Trinajstić information content (AvgIpc) is 2.80. The molecule has 0 aliphatic heterocycles. The first kappa shape index (κ1) is 18.0. The van der Waals surface area contributed by atoms with Gasteiger partial charge in [-0.05, 0) is 12.8 Å². The molecule has 3 N–H and O–H groups in total. The Balaban J connectivity index is 2.28. The SMILES string of the molecule is O=c1cc(CN(CCO)CCO)n(C2CCCCCC2)cc1O. The van der Waals surface area contributed by atoms with Gasteiger partial charge in [0, 0.05) is 37.4 Å². The Morgan fingerprint density at radius 1 is 1.09 bits per heavy atom. The van der Waals surface area contributed by atoms with Crippen LogP contribution in [0.15, 0.2) is 17.1 Å². The van der Waals surface area contributed by atoms with Gasteiger partial charge < -0.3 is 19.9 Å². The van der Waals surface area contributed by atoms with Gasteiger partial charge in [0.15, 0.2) is 5.75 Å². The molecule has 6 heteroatoms. The third-order valence-corrected chi connectivity index (χ3v) is 4.58. The number of aromatic nitrogens is 1. The van der Waals surface area contributed by atoms with E-state index in [-0.39, 0.29) is 24.4 Å². The highest BCUT2D eigenvalue weighted by Gasteiger charge is 2.18. The fourth-order valence-electron chi connectivity index (χ4n) is 3.36. The molecule has 130 valence electrons. The molecule has 1 aliphatic rings. The minimum atomic E-state index is -0.377. The van der Waals surface area contributed by atoms with Crippen LogP contribution in [-0.4, -0.2) is 51.1 Å². The lowest BCUT2D eigenvalue weighted by Crippen LogP contribution is -2.32. The Morgan fingerprint density at radius 2 is 1.70 bits per heavy atom. The first-order valence-electron chi connectivity index (χ1n) is 8.53. The second kappa shape index (κ2) is 9.05. The molecular formula is C17H28N2O4. The minimum absolute atomic E-state index is 0.00570. The number of aliphatic hydroxyl groups excluding tert-OH is 2. The molecule has 1 heterocycles. The van der Waals surface area contributed by atoms with Gasteiger partial charge in [-0.15, -0.1) is 0 Å². The van der Waals surface area contributed by atoms with E-state index in [0.29, 0.717) is 25.7 Å². The van der Waals surface area contributed by atoms with Crippen molar-refractivity contribution >= 4 is 0 Å². The zero-order valence-corrected chi connectivity index (χ0v) is 13.7. The Hall–Kier alpha value is -1.37. The molecule has 1 aromatic rings. The van der Waals surface area contributed by atoms with Crippen molar-refractivity contribution in [1.82, 2.24) is 9.47 Å². The zero-order chi connectivity index (χ0) is 16.7. The maximum Gasteiger partial charge on any atom is 0.223 e.